The molecule has 1 atom stereocenters. The summed E-state index contributed by atoms with van der Waals surface area (Å²) in [5.74, 6) is -0.624. The Balaban J connectivity index is 4.42. The number of carbonyl (C=O) groups excluding carboxylic acids is 2. The topological polar surface area (TPSA) is 131 Å². The quantitative estimate of drug-likeness (QED) is 0.302. The first-order valence-electron chi connectivity index (χ1n) is 5.63. The Morgan fingerprint density at radius 1 is 1.17 bits per heavy atom. The van der Waals surface area contributed by atoms with Crippen LogP contribution in [0.5, 0.6) is 0 Å². The van der Waals surface area contributed by atoms with E-state index in [1.807, 2.05) is 0 Å². The molecule has 0 saturated heterocycles. The van der Waals surface area contributed by atoms with Gasteiger partial charge >= 0.3 is 6.03 Å². The van der Waals surface area contributed by atoms with Crippen LogP contribution in [0.4, 0.5) is 4.79 Å². The highest BCUT2D eigenvalue weighted by Gasteiger charge is 2.31. The molecule has 0 saturated carbocycles. The van der Waals surface area contributed by atoms with Gasteiger partial charge in [0.2, 0.25) is 5.91 Å². The number of amides is 3. The Bertz CT molecular complexity index is 272. The molecular weight excluding hydrogens is 242 g/mol. The van der Waals surface area contributed by atoms with Crippen molar-refractivity contribution in [1.82, 2.24) is 16.0 Å². The van der Waals surface area contributed by atoms with Gasteiger partial charge in [-0.25, -0.2) is 4.79 Å². The summed E-state index contributed by atoms with van der Waals surface area (Å²) in [6.07, 6.45) is 0. The number of carbonyl (C=O) groups is 2. The fourth-order valence-electron chi connectivity index (χ4n) is 1.24. The minimum absolute atomic E-state index is 0.384. The van der Waals surface area contributed by atoms with Crippen molar-refractivity contribution in [3.63, 3.8) is 0 Å². The lowest BCUT2D eigenvalue weighted by atomic mass is 10.0. The molecule has 6 N–H and O–H groups in total. The van der Waals surface area contributed by atoms with Crippen molar-refractivity contribution in [3.8, 4) is 0 Å². The van der Waals surface area contributed by atoms with Crippen LogP contribution in [0.15, 0.2) is 0 Å². The Morgan fingerprint density at radius 3 is 2.06 bits per heavy atom. The Labute approximate surface area is 105 Å². The maximum atomic E-state index is 11.6. The van der Waals surface area contributed by atoms with E-state index < -0.39 is 43.3 Å². The average molecular weight is 263 g/mol. The largest absolute Gasteiger partial charge is 0.394 e. The van der Waals surface area contributed by atoms with Gasteiger partial charge in [0.25, 0.3) is 0 Å². The third-order valence-corrected chi connectivity index (χ3v) is 2.40. The average Bonchev–Trinajstić information content (AvgIpc) is 2.36. The van der Waals surface area contributed by atoms with E-state index in [1.54, 1.807) is 6.92 Å². The van der Waals surface area contributed by atoms with E-state index >= 15 is 0 Å². The molecule has 0 aromatic rings. The van der Waals surface area contributed by atoms with Crippen molar-refractivity contribution < 1.29 is 24.9 Å². The molecule has 0 spiro atoms. The summed E-state index contributed by atoms with van der Waals surface area (Å²) < 4.78 is 0. The number of nitrogens with one attached hydrogen (secondary N) is 3. The summed E-state index contributed by atoms with van der Waals surface area (Å²) in [5, 5.41) is 34.3. The summed E-state index contributed by atoms with van der Waals surface area (Å²) in [6, 6.07) is -1.49. The number of aliphatic hydroxyl groups excluding tert-OH is 3. The highest BCUT2D eigenvalue weighted by atomic mass is 16.3. The van der Waals surface area contributed by atoms with Crippen LogP contribution in [-0.4, -0.2) is 65.2 Å². The second kappa shape index (κ2) is 7.98. The number of hydrogen-bond donors (Lipinski definition) is 6. The SMILES string of the molecule is CCNC(=O)NC(=O)C(C)NC(CO)(CO)CO. The smallest absolute Gasteiger partial charge is 0.321 e. The number of urea groups is 1. The molecule has 0 fully saturated rings. The summed E-state index contributed by atoms with van der Waals surface area (Å²) >= 11 is 0. The molecule has 0 bridgehead atoms. The van der Waals surface area contributed by atoms with E-state index in [1.165, 1.54) is 6.92 Å². The molecule has 106 valence electrons. The predicted octanol–water partition coefficient (Wildman–Crippen LogP) is -2.47. The second-order valence-electron chi connectivity index (χ2n) is 3.97. The van der Waals surface area contributed by atoms with Gasteiger partial charge < -0.3 is 20.6 Å². The lowest BCUT2D eigenvalue weighted by Gasteiger charge is -2.31. The van der Waals surface area contributed by atoms with E-state index in [0.717, 1.165) is 0 Å². The van der Waals surface area contributed by atoms with Gasteiger partial charge in [0.1, 0.15) is 0 Å². The van der Waals surface area contributed by atoms with Crippen LogP contribution >= 0.6 is 0 Å². The summed E-state index contributed by atoms with van der Waals surface area (Å²) in [7, 11) is 0. The van der Waals surface area contributed by atoms with Crippen molar-refractivity contribution in [1.29, 1.82) is 0 Å². The minimum Gasteiger partial charge on any atom is -0.394 e. The fraction of sp³-hybridized carbons (Fsp3) is 0.800. The molecule has 3 amide bonds. The van der Waals surface area contributed by atoms with Crippen LogP contribution in [0, 0.1) is 0 Å². The maximum absolute atomic E-state index is 11.6. The van der Waals surface area contributed by atoms with E-state index in [0.29, 0.717) is 6.54 Å². The first-order chi connectivity index (χ1) is 8.44. The van der Waals surface area contributed by atoms with E-state index in [-0.39, 0.29) is 0 Å². The van der Waals surface area contributed by atoms with Crippen LogP contribution < -0.4 is 16.0 Å². The zero-order chi connectivity index (χ0) is 14.2. The molecule has 0 aliphatic carbocycles. The molecule has 0 aromatic heterocycles. The lowest BCUT2D eigenvalue weighted by molar-refractivity contribution is -0.122. The first kappa shape index (κ1) is 16.8. The molecule has 0 aromatic carbocycles. The van der Waals surface area contributed by atoms with Gasteiger partial charge in [-0.05, 0) is 13.8 Å². The third kappa shape index (κ3) is 4.96. The van der Waals surface area contributed by atoms with Crippen LogP contribution in [0.2, 0.25) is 0 Å². The highest BCUT2D eigenvalue weighted by molar-refractivity contribution is 5.96. The lowest BCUT2D eigenvalue weighted by Crippen LogP contribution is -2.61. The second-order valence-corrected chi connectivity index (χ2v) is 3.97. The van der Waals surface area contributed by atoms with Crippen LogP contribution in [0.3, 0.4) is 0 Å². The van der Waals surface area contributed by atoms with Gasteiger partial charge in [-0.3, -0.25) is 15.4 Å². The molecule has 0 aliphatic rings. The van der Waals surface area contributed by atoms with Crippen molar-refractivity contribution in [3.05, 3.63) is 0 Å². The molecule has 8 nitrogen and oxygen atoms in total. The molecule has 0 radical (unpaired) electrons. The molecule has 0 aliphatic heterocycles. The van der Waals surface area contributed by atoms with Crippen molar-refractivity contribution in [2.45, 2.75) is 25.4 Å². The normalized spacial score (nSPS) is 12.9. The monoisotopic (exact) mass is 263 g/mol. The molecule has 0 rings (SSSR count). The van der Waals surface area contributed by atoms with Crippen molar-refractivity contribution in [2.24, 2.45) is 0 Å². The predicted molar refractivity (Wildman–Crippen MR) is 63.8 cm³/mol. The third-order valence-electron chi connectivity index (χ3n) is 2.40. The van der Waals surface area contributed by atoms with Gasteiger partial charge in [-0.15, -0.1) is 0 Å². The maximum Gasteiger partial charge on any atom is 0.321 e. The summed E-state index contributed by atoms with van der Waals surface area (Å²) in [5.41, 5.74) is -1.36. The molecular formula is C10H21N3O5. The van der Waals surface area contributed by atoms with E-state index in [4.69, 9.17) is 15.3 Å². The highest BCUT2D eigenvalue weighted by Crippen LogP contribution is 2.03. The van der Waals surface area contributed by atoms with Gasteiger partial charge in [-0.2, -0.15) is 0 Å². The minimum atomic E-state index is -1.36. The molecule has 8 heteroatoms. The summed E-state index contributed by atoms with van der Waals surface area (Å²) in [4.78, 5) is 22.7. The van der Waals surface area contributed by atoms with Crippen molar-refractivity contribution >= 4 is 11.9 Å². The Hall–Kier alpha value is -1.22. The van der Waals surface area contributed by atoms with Crippen molar-refractivity contribution in [2.75, 3.05) is 26.4 Å². The Kier molecular flexibility index (Phi) is 7.44. The van der Waals surface area contributed by atoms with Gasteiger partial charge in [0.05, 0.1) is 31.4 Å². The molecule has 1 unspecified atom stereocenters. The number of aliphatic hydroxyl groups is 3. The number of rotatable bonds is 7. The number of hydrogen-bond acceptors (Lipinski definition) is 6. The van der Waals surface area contributed by atoms with Gasteiger partial charge in [-0.1, -0.05) is 0 Å². The van der Waals surface area contributed by atoms with E-state index in [9.17, 15) is 9.59 Å². The van der Waals surface area contributed by atoms with Gasteiger partial charge in [0.15, 0.2) is 0 Å². The standard InChI is InChI=1S/C10H21N3O5/c1-3-11-9(18)12-8(17)7(2)13-10(4-14,5-15)6-16/h7,13-16H,3-6H2,1-2H3,(H2,11,12,17,18). The van der Waals surface area contributed by atoms with Crippen LogP contribution in [0.1, 0.15) is 13.8 Å². The van der Waals surface area contributed by atoms with Gasteiger partial charge in [0, 0.05) is 6.54 Å². The number of imide groups is 1. The van der Waals surface area contributed by atoms with Crippen LogP contribution in [0.25, 0.3) is 0 Å². The first-order valence-corrected chi connectivity index (χ1v) is 5.63. The zero-order valence-electron chi connectivity index (χ0n) is 10.6. The molecule has 0 heterocycles. The Morgan fingerprint density at radius 2 is 1.67 bits per heavy atom. The van der Waals surface area contributed by atoms with E-state index in [2.05, 4.69) is 16.0 Å². The fourth-order valence-corrected chi connectivity index (χ4v) is 1.24. The molecule has 18 heavy (non-hydrogen) atoms. The van der Waals surface area contributed by atoms with Crippen LogP contribution in [-0.2, 0) is 4.79 Å². The zero-order valence-corrected chi connectivity index (χ0v) is 10.6. The summed E-state index contributed by atoms with van der Waals surface area (Å²) in [6.45, 7) is 1.91.